The van der Waals surface area contributed by atoms with Crippen molar-refractivity contribution in [1.82, 2.24) is 15.2 Å². The lowest BCUT2D eigenvalue weighted by Crippen LogP contribution is -3.14. The van der Waals surface area contributed by atoms with Gasteiger partial charge in [-0.2, -0.15) is 0 Å². The van der Waals surface area contributed by atoms with Crippen LogP contribution in [-0.2, 0) is 9.59 Å². The quantitative estimate of drug-likeness (QED) is 0.744. The molecule has 2 heterocycles. The van der Waals surface area contributed by atoms with Gasteiger partial charge in [-0.1, -0.05) is 12.1 Å². The minimum atomic E-state index is -0.00295. The van der Waals surface area contributed by atoms with Crippen molar-refractivity contribution < 1.29 is 18.9 Å². The van der Waals surface area contributed by atoms with E-state index >= 15 is 0 Å². The van der Waals surface area contributed by atoms with Gasteiger partial charge in [0.15, 0.2) is 24.6 Å². The Balaban J connectivity index is 1.51. The second-order valence-corrected chi connectivity index (χ2v) is 7.09. The van der Waals surface area contributed by atoms with Gasteiger partial charge in [-0.3, -0.25) is 9.59 Å². The molecule has 7 nitrogen and oxygen atoms in total. The number of rotatable bonds is 7. The summed E-state index contributed by atoms with van der Waals surface area (Å²) in [6.07, 6.45) is 1.71. The summed E-state index contributed by atoms with van der Waals surface area (Å²) in [5.41, 5.74) is 1.71. The molecule has 2 N–H and O–H groups in total. The lowest BCUT2D eigenvalue weighted by atomic mass is 9.96. The molecular weight excluding hydrogens is 344 g/mol. The maximum absolute atomic E-state index is 12.6. The maximum Gasteiger partial charge on any atom is 0.277 e. The van der Waals surface area contributed by atoms with Gasteiger partial charge in [0, 0.05) is 25.6 Å². The molecule has 27 heavy (non-hydrogen) atoms. The van der Waals surface area contributed by atoms with Crippen LogP contribution in [0.5, 0.6) is 0 Å². The number of oxazole rings is 1. The molecule has 1 aromatic carbocycles. The topological polar surface area (TPSA) is 79.9 Å². The van der Waals surface area contributed by atoms with Crippen molar-refractivity contribution in [3.8, 4) is 0 Å². The van der Waals surface area contributed by atoms with Gasteiger partial charge in [0.25, 0.3) is 11.8 Å². The number of likely N-dealkylation sites (N-methyl/N-ethyl adjacent to an activating group) is 2. The van der Waals surface area contributed by atoms with Crippen molar-refractivity contribution in [2.45, 2.75) is 32.6 Å². The van der Waals surface area contributed by atoms with Crippen molar-refractivity contribution >= 4 is 22.9 Å². The first-order valence-corrected chi connectivity index (χ1v) is 9.84. The third-order valence-corrected chi connectivity index (χ3v) is 5.19. The lowest BCUT2D eigenvalue weighted by Gasteiger charge is -2.31. The smallest absolute Gasteiger partial charge is 0.277 e. The minimum Gasteiger partial charge on any atom is -0.440 e. The molecule has 0 spiro atoms. The zero-order valence-corrected chi connectivity index (χ0v) is 16.2. The van der Waals surface area contributed by atoms with Crippen molar-refractivity contribution in [3.63, 3.8) is 0 Å². The van der Waals surface area contributed by atoms with Gasteiger partial charge >= 0.3 is 0 Å². The molecule has 0 bridgehead atoms. The van der Waals surface area contributed by atoms with Crippen LogP contribution in [0.15, 0.2) is 28.7 Å². The molecule has 1 unspecified atom stereocenters. The van der Waals surface area contributed by atoms with Gasteiger partial charge in [-0.15, -0.1) is 0 Å². The molecule has 1 aromatic heterocycles. The summed E-state index contributed by atoms with van der Waals surface area (Å²) in [6.45, 7) is 7.39. The number of amides is 2. The largest absolute Gasteiger partial charge is 0.440 e. The fourth-order valence-corrected chi connectivity index (χ4v) is 3.57. The van der Waals surface area contributed by atoms with Crippen LogP contribution in [-0.4, -0.2) is 61.0 Å². The molecule has 1 saturated heterocycles. The van der Waals surface area contributed by atoms with Crippen LogP contribution in [0.25, 0.3) is 11.1 Å². The number of hydrogen-bond donors (Lipinski definition) is 2. The van der Waals surface area contributed by atoms with E-state index in [1.54, 1.807) is 0 Å². The van der Waals surface area contributed by atoms with Crippen LogP contribution in [0.3, 0.4) is 0 Å². The van der Waals surface area contributed by atoms with Gasteiger partial charge in [0.2, 0.25) is 0 Å². The molecule has 1 aliphatic heterocycles. The Kier molecular flexibility index (Phi) is 6.45. The first-order valence-electron chi connectivity index (χ1n) is 9.84. The highest BCUT2D eigenvalue weighted by Gasteiger charge is 2.28. The van der Waals surface area contributed by atoms with Crippen molar-refractivity contribution in [2.24, 2.45) is 0 Å². The minimum absolute atomic E-state index is 0.00295. The number of nitrogens with zero attached hydrogens (tertiary/aromatic N) is 2. The Morgan fingerprint density at radius 3 is 2.63 bits per heavy atom. The second kappa shape index (κ2) is 8.99. The molecule has 2 aromatic rings. The number of nitrogens with one attached hydrogen (secondary N) is 2. The standard InChI is InChI=1S/C20H28N4O3/c1-3-21-18(25)13-23(4-2)14-19(26)24-11-9-15(10-12-24)20-22-16-7-5-6-8-17(16)27-20/h5-8,15H,3-4,9-14H2,1-2H3,(H,21,25)/p+1. The molecule has 0 aliphatic carbocycles. The number of likely N-dealkylation sites (tertiary alicyclic amines) is 1. The van der Waals surface area contributed by atoms with E-state index in [1.807, 2.05) is 43.0 Å². The monoisotopic (exact) mass is 373 g/mol. The number of piperidine rings is 1. The number of benzene rings is 1. The third-order valence-electron chi connectivity index (χ3n) is 5.19. The Morgan fingerprint density at radius 1 is 1.22 bits per heavy atom. The Morgan fingerprint density at radius 2 is 1.96 bits per heavy atom. The van der Waals surface area contributed by atoms with Gasteiger partial charge in [-0.25, -0.2) is 4.98 Å². The number of aromatic nitrogens is 1. The molecule has 2 amide bonds. The number of para-hydroxylation sites is 2. The summed E-state index contributed by atoms with van der Waals surface area (Å²) < 4.78 is 5.89. The van der Waals surface area contributed by atoms with Gasteiger partial charge < -0.3 is 19.5 Å². The van der Waals surface area contributed by atoms with Crippen LogP contribution in [0.1, 0.15) is 38.5 Å². The molecule has 0 saturated carbocycles. The predicted molar refractivity (Wildman–Crippen MR) is 102 cm³/mol. The predicted octanol–water partition coefficient (Wildman–Crippen LogP) is 0.575. The molecule has 146 valence electrons. The van der Waals surface area contributed by atoms with E-state index in [1.165, 1.54) is 0 Å². The number of carbonyl (C=O) groups is 2. The van der Waals surface area contributed by atoms with E-state index < -0.39 is 0 Å². The second-order valence-electron chi connectivity index (χ2n) is 7.09. The molecular formula is C20H29N4O3+. The van der Waals surface area contributed by atoms with Gasteiger partial charge in [0.05, 0.1) is 6.54 Å². The van der Waals surface area contributed by atoms with Crippen LogP contribution in [0, 0.1) is 0 Å². The number of quaternary nitrogens is 1. The average Bonchev–Trinajstić information content (AvgIpc) is 3.12. The lowest BCUT2D eigenvalue weighted by molar-refractivity contribution is -0.882. The van der Waals surface area contributed by atoms with E-state index in [9.17, 15) is 9.59 Å². The maximum atomic E-state index is 12.6. The molecule has 1 fully saturated rings. The van der Waals surface area contributed by atoms with Crippen molar-refractivity contribution in [1.29, 1.82) is 0 Å². The molecule has 1 atom stereocenters. The summed E-state index contributed by atoms with van der Waals surface area (Å²) in [5, 5.41) is 2.80. The van der Waals surface area contributed by atoms with Crippen LogP contribution < -0.4 is 10.2 Å². The summed E-state index contributed by atoms with van der Waals surface area (Å²) in [5.74, 6) is 1.15. The number of hydrogen-bond acceptors (Lipinski definition) is 4. The highest BCUT2D eigenvalue weighted by atomic mass is 16.3. The average molecular weight is 373 g/mol. The van der Waals surface area contributed by atoms with E-state index in [-0.39, 0.29) is 17.7 Å². The van der Waals surface area contributed by atoms with Crippen LogP contribution >= 0.6 is 0 Å². The van der Waals surface area contributed by atoms with Crippen LogP contribution in [0.4, 0.5) is 0 Å². The zero-order valence-electron chi connectivity index (χ0n) is 16.2. The Labute approximate surface area is 159 Å². The highest BCUT2D eigenvalue weighted by molar-refractivity contribution is 5.79. The third kappa shape index (κ3) is 4.86. The summed E-state index contributed by atoms with van der Waals surface area (Å²) in [4.78, 5) is 31.9. The first-order chi connectivity index (χ1) is 13.1. The molecule has 7 heteroatoms. The van der Waals surface area contributed by atoms with Crippen molar-refractivity contribution in [2.75, 3.05) is 39.3 Å². The summed E-state index contributed by atoms with van der Waals surface area (Å²) >= 11 is 0. The Bertz CT molecular complexity index is 747. The molecule has 0 radical (unpaired) electrons. The first kappa shape index (κ1) is 19.4. The number of fused-ring (bicyclic) bond motifs is 1. The summed E-state index contributed by atoms with van der Waals surface area (Å²) in [6, 6.07) is 7.79. The molecule has 1 aliphatic rings. The normalized spacial score (nSPS) is 16.4. The zero-order chi connectivity index (χ0) is 19.2. The van der Waals surface area contributed by atoms with E-state index in [2.05, 4.69) is 10.3 Å². The Hall–Kier alpha value is -2.41. The fraction of sp³-hybridized carbons (Fsp3) is 0.550. The van der Waals surface area contributed by atoms with Gasteiger partial charge in [-0.05, 0) is 38.8 Å². The van der Waals surface area contributed by atoms with Crippen molar-refractivity contribution in [3.05, 3.63) is 30.2 Å². The van der Waals surface area contributed by atoms with E-state index in [0.717, 1.165) is 41.3 Å². The number of carbonyl (C=O) groups excluding carboxylic acids is 2. The van der Waals surface area contributed by atoms with E-state index in [4.69, 9.17) is 4.42 Å². The fourth-order valence-electron chi connectivity index (χ4n) is 3.57. The molecule has 3 rings (SSSR count). The van der Waals surface area contributed by atoms with Crippen LogP contribution in [0.2, 0.25) is 0 Å². The highest BCUT2D eigenvalue weighted by Crippen LogP contribution is 2.29. The summed E-state index contributed by atoms with van der Waals surface area (Å²) in [7, 11) is 0. The van der Waals surface area contributed by atoms with E-state index in [0.29, 0.717) is 32.7 Å². The van der Waals surface area contributed by atoms with Gasteiger partial charge in [0.1, 0.15) is 5.52 Å². The SMILES string of the molecule is CCNC(=O)C[NH+](CC)CC(=O)N1CCC(c2nc3ccccc3o2)CC1.